The summed E-state index contributed by atoms with van der Waals surface area (Å²) in [5.41, 5.74) is 0.356. The molecule has 0 unspecified atom stereocenters. The molecule has 19 heavy (non-hydrogen) atoms. The lowest BCUT2D eigenvalue weighted by Gasteiger charge is -2.33. The molecule has 1 aliphatic rings. The summed E-state index contributed by atoms with van der Waals surface area (Å²) in [5.74, 6) is 0.194. The number of hydrogen-bond acceptors (Lipinski definition) is 7. The minimum atomic E-state index is -0.427. The minimum absolute atomic E-state index is 0.266. The molecule has 1 saturated heterocycles. The van der Waals surface area contributed by atoms with Crippen LogP contribution in [0.3, 0.4) is 0 Å². The first-order valence-corrected chi connectivity index (χ1v) is 6.12. The number of esters is 1. The van der Waals surface area contributed by atoms with Crippen LogP contribution < -0.4 is 10.2 Å². The number of nitrogens with zero attached hydrogens (tertiary/aromatic N) is 3. The van der Waals surface area contributed by atoms with Gasteiger partial charge in [-0.3, -0.25) is 0 Å². The second-order valence-electron chi connectivity index (χ2n) is 4.32. The Bertz CT molecular complexity index is 421. The summed E-state index contributed by atoms with van der Waals surface area (Å²) >= 11 is 0. The van der Waals surface area contributed by atoms with Crippen LogP contribution in [0.2, 0.25) is 0 Å². The summed E-state index contributed by atoms with van der Waals surface area (Å²) in [6.07, 6.45) is 2.98. The van der Waals surface area contributed by atoms with Crippen molar-refractivity contribution in [2.45, 2.75) is 6.04 Å². The van der Waals surface area contributed by atoms with Crippen LogP contribution in [0.15, 0.2) is 12.4 Å². The Morgan fingerprint density at radius 3 is 2.84 bits per heavy atom. The van der Waals surface area contributed by atoms with Crippen LogP contribution in [0.5, 0.6) is 0 Å². The predicted octanol–water partition coefficient (Wildman–Crippen LogP) is -0.312. The van der Waals surface area contributed by atoms with Crippen LogP contribution in [0.4, 0.5) is 5.95 Å². The molecule has 0 bridgehead atoms. The normalized spacial score (nSPS) is 19.3. The van der Waals surface area contributed by atoms with Crippen LogP contribution in [-0.4, -0.2) is 62.4 Å². The molecule has 0 radical (unpaired) electrons. The van der Waals surface area contributed by atoms with E-state index in [1.807, 2.05) is 0 Å². The van der Waals surface area contributed by atoms with Crippen molar-refractivity contribution in [2.24, 2.45) is 0 Å². The average molecular weight is 266 g/mol. The molecule has 0 aromatic carbocycles. The van der Waals surface area contributed by atoms with E-state index in [4.69, 9.17) is 4.74 Å². The lowest BCUT2D eigenvalue weighted by Crippen LogP contribution is -2.53. The van der Waals surface area contributed by atoms with Gasteiger partial charge < -0.3 is 19.7 Å². The van der Waals surface area contributed by atoms with Gasteiger partial charge in [0.1, 0.15) is 0 Å². The van der Waals surface area contributed by atoms with Gasteiger partial charge in [-0.25, -0.2) is 14.8 Å². The van der Waals surface area contributed by atoms with Crippen molar-refractivity contribution in [3.63, 3.8) is 0 Å². The number of anilines is 1. The number of hydrogen-bond donors (Lipinski definition) is 1. The van der Waals surface area contributed by atoms with Crippen LogP contribution in [-0.2, 0) is 9.47 Å². The molecule has 0 aliphatic carbocycles. The van der Waals surface area contributed by atoms with Crippen LogP contribution in [0, 0.1) is 0 Å². The number of piperazine rings is 1. The molecule has 1 atom stereocenters. The first kappa shape index (κ1) is 13.7. The Balaban J connectivity index is 2.03. The summed E-state index contributed by atoms with van der Waals surface area (Å²) in [5, 5.41) is 3.36. The van der Waals surface area contributed by atoms with Crippen LogP contribution >= 0.6 is 0 Å². The quantitative estimate of drug-likeness (QED) is 0.749. The van der Waals surface area contributed by atoms with E-state index in [9.17, 15) is 4.79 Å². The van der Waals surface area contributed by atoms with E-state index in [1.54, 1.807) is 7.11 Å². The number of ether oxygens (including phenoxy) is 2. The van der Waals surface area contributed by atoms with E-state index in [2.05, 4.69) is 24.9 Å². The van der Waals surface area contributed by atoms with Crippen molar-refractivity contribution >= 4 is 11.9 Å². The third-order valence-corrected chi connectivity index (χ3v) is 2.97. The Morgan fingerprint density at radius 2 is 2.21 bits per heavy atom. The lowest BCUT2D eigenvalue weighted by molar-refractivity contribution is 0.0600. The highest BCUT2D eigenvalue weighted by Gasteiger charge is 2.21. The number of carbonyl (C=O) groups is 1. The zero-order valence-electron chi connectivity index (χ0n) is 11.1. The fourth-order valence-electron chi connectivity index (χ4n) is 2.03. The highest BCUT2D eigenvalue weighted by atomic mass is 16.5. The van der Waals surface area contributed by atoms with Gasteiger partial charge in [-0.05, 0) is 0 Å². The van der Waals surface area contributed by atoms with Gasteiger partial charge in [0.05, 0.1) is 19.3 Å². The SMILES string of the molecule is COC[C@H]1CN(c2ncc(C(=O)OC)cn2)CCN1. The number of carbonyl (C=O) groups excluding carboxylic acids is 1. The van der Waals surface area contributed by atoms with E-state index in [0.717, 1.165) is 19.6 Å². The predicted molar refractivity (Wildman–Crippen MR) is 69.3 cm³/mol. The first-order valence-electron chi connectivity index (χ1n) is 6.12. The van der Waals surface area contributed by atoms with Crippen molar-refractivity contribution in [1.82, 2.24) is 15.3 Å². The molecule has 104 valence electrons. The van der Waals surface area contributed by atoms with E-state index in [1.165, 1.54) is 19.5 Å². The molecular weight excluding hydrogens is 248 g/mol. The van der Waals surface area contributed by atoms with Gasteiger partial charge in [-0.1, -0.05) is 0 Å². The molecule has 7 heteroatoms. The lowest BCUT2D eigenvalue weighted by atomic mass is 10.2. The van der Waals surface area contributed by atoms with E-state index in [-0.39, 0.29) is 6.04 Å². The van der Waals surface area contributed by atoms with Crippen molar-refractivity contribution in [1.29, 1.82) is 0 Å². The van der Waals surface area contributed by atoms with Gasteiger partial charge in [-0.15, -0.1) is 0 Å². The number of nitrogens with one attached hydrogen (secondary N) is 1. The molecule has 2 rings (SSSR count). The summed E-state index contributed by atoms with van der Waals surface area (Å²) in [6, 6.07) is 0.266. The Morgan fingerprint density at radius 1 is 1.47 bits per heavy atom. The van der Waals surface area contributed by atoms with Gasteiger partial charge in [0.15, 0.2) is 0 Å². The Labute approximate surface area is 111 Å². The molecule has 0 amide bonds. The van der Waals surface area contributed by atoms with Gasteiger partial charge in [0.25, 0.3) is 0 Å². The topological polar surface area (TPSA) is 76.6 Å². The van der Waals surface area contributed by atoms with Crippen molar-refractivity contribution < 1.29 is 14.3 Å². The maximum absolute atomic E-state index is 11.3. The van der Waals surface area contributed by atoms with E-state index in [0.29, 0.717) is 18.1 Å². The first-order chi connectivity index (χ1) is 9.24. The fourth-order valence-corrected chi connectivity index (χ4v) is 2.03. The summed E-state index contributed by atoms with van der Waals surface area (Å²) in [6.45, 7) is 3.12. The molecular formula is C12H18N4O3. The molecule has 0 spiro atoms. The molecule has 1 aromatic rings. The Kier molecular flexibility index (Phi) is 4.64. The average Bonchev–Trinajstić information content (AvgIpc) is 2.47. The zero-order valence-corrected chi connectivity index (χ0v) is 11.1. The van der Waals surface area contributed by atoms with Crippen LogP contribution in [0.1, 0.15) is 10.4 Å². The smallest absolute Gasteiger partial charge is 0.341 e. The zero-order chi connectivity index (χ0) is 13.7. The monoisotopic (exact) mass is 266 g/mol. The standard InChI is InChI=1S/C12H18N4O3/c1-18-8-10-7-16(4-3-13-10)12-14-5-9(6-15-12)11(17)19-2/h5-6,10,13H,3-4,7-8H2,1-2H3/t10-/m1/s1. The third-order valence-electron chi connectivity index (χ3n) is 2.97. The number of aromatic nitrogens is 2. The largest absolute Gasteiger partial charge is 0.465 e. The second-order valence-corrected chi connectivity index (χ2v) is 4.32. The molecule has 7 nitrogen and oxygen atoms in total. The van der Waals surface area contributed by atoms with Crippen LogP contribution in [0.25, 0.3) is 0 Å². The van der Waals surface area contributed by atoms with E-state index < -0.39 is 5.97 Å². The molecule has 1 N–H and O–H groups in total. The summed E-state index contributed by atoms with van der Waals surface area (Å²) < 4.78 is 9.75. The van der Waals surface area contributed by atoms with Gasteiger partial charge >= 0.3 is 5.97 Å². The number of rotatable bonds is 4. The minimum Gasteiger partial charge on any atom is -0.465 e. The van der Waals surface area contributed by atoms with Crippen molar-refractivity contribution in [3.05, 3.63) is 18.0 Å². The summed E-state index contributed by atoms with van der Waals surface area (Å²) in [4.78, 5) is 21.8. The van der Waals surface area contributed by atoms with Crippen molar-refractivity contribution in [2.75, 3.05) is 45.4 Å². The fraction of sp³-hybridized carbons (Fsp3) is 0.583. The molecule has 1 aromatic heterocycles. The maximum atomic E-state index is 11.3. The van der Waals surface area contributed by atoms with Gasteiger partial charge in [0.2, 0.25) is 5.95 Å². The second kappa shape index (κ2) is 6.44. The molecule has 0 saturated carbocycles. The molecule has 1 aliphatic heterocycles. The van der Waals surface area contributed by atoms with E-state index >= 15 is 0 Å². The van der Waals surface area contributed by atoms with Gasteiger partial charge in [-0.2, -0.15) is 0 Å². The molecule has 1 fully saturated rings. The maximum Gasteiger partial charge on any atom is 0.341 e. The third kappa shape index (κ3) is 3.39. The Hall–Kier alpha value is -1.73. The van der Waals surface area contributed by atoms with Crippen molar-refractivity contribution in [3.8, 4) is 0 Å². The highest BCUT2D eigenvalue weighted by Crippen LogP contribution is 2.10. The number of methoxy groups -OCH3 is 2. The summed E-state index contributed by atoms with van der Waals surface area (Å²) in [7, 11) is 3.02. The van der Waals surface area contributed by atoms with Gasteiger partial charge in [0, 0.05) is 45.2 Å². The highest BCUT2D eigenvalue weighted by molar-refractivity contribution is 5.88. The molecule has 2 heterocycles.